The number of rotatable bonds is 5. The average molecular weight is 577 g/mol. The minimum absolute atomic E-state index is 0.116. The Morgan fingerprint density at radius 1 is 0.839 bits per heavy atom. The van der Waals surface area contributed by atoms with Crippen LogP contribution in [0.2, 0.25) is 0 Å². The van der Waals surface area contributed by atoms with E-state index in [1.807, 2.05) is 97.5 Å². The van der Waals surface area contributed by atoms with Crippen LogP contribution in [0.25, 0.3) is 5.69 Å². The second-order valence-electron chi connectivity index (χ2n) is 7.11. The number of nitrogens with zero attached hydrogens (tertiary/aromatic N) is 2. The number of benzene rings is 3. The van der Waals surface area contributed by atoms with Crippen LogP contribution in [-0.2, 0) is 18.9 Å². The van der Waals surface area contributed by atoms with E-state index in [1.54, 1.807) is 4.68 Å². The van der Waals surface area contributed by atoms with E-state index in [0.29, 0.717) is 5.69 Å². The fraction of sp³-hybridized carbons (Fsp3) is 0.0870. The van der Waals surface area contributed by atoms with Crippen LogP contribution in [0.5, 0.6) is 0 Å². The number of anilines is 1. The summed E-state index contributed by atoms with van der Waals surface area (Å²) in [7, 11) is 1.89. The van der Waals surface area contributed by atoms with Crippen molar-refractivity contribution in [1.82, 2.24) is 9.36 Å². The van der Waals surface area contributed by atoms with Crippen LogP contribution >= 0.6 is 38.0 Å². The van der Waals surface area contributed by atoms with Gasteiger partial charge in [-0.05, 0) is 43.3 Å². The molecule has 0 unspecified atom stereocenters. The van der Waals surface area contributed by atoms with E-state index in [-0.39, 0.29) is 5.56 Å². The summed E-state index contributed by atoms with van der Waals surface area (Å²) in [5.41, 5.74) is 2.05. The van der Waals surface area contributed by atoms with Gasteiger partial charge in [0.25, 0.3) is 5.56 Å². The van der Waals surface area contributed by atoms with Gasteiger partial charge in [0.05, 0.1) is 17.6 Å². The first-order chi connectivity index (χ1) is 14.8. The number of nitrogens with one attached hydrogen (secondary N) is 1. The van der Waals surface area contributed by atoms with Crippen molar-refractivity contribution in [1.29, 1.82) is 0 Å². The summed E-state index contributed by atoms with van der Waals surface area (Å²) < 4.78 is 5.50. The average Bonchev–Trinajstić information content (AvgIpc) is 2.98. The van der Waals surface area contributed by atoms with Gasteiger partial charge in [0.1, 0.15) is 5.69 Å². The highest BCUT2D eigenvalue weighted by molar-refractivity contribution is 9.10. The lowest BCUT2D eigenvalue weighted by Gasteiger charge is -2.25. The van der Waals surface area contributed by atoms with E-state index in [0.717, 1.165) is 30.9 Å². The van der Waals surface area contributed by atoms with E-state index in [4.69, 9.17) is 11.8 Å². The van der Waals surface area contributed by atoms with Crippen LogP contribution in [0.4, 0.5) is 5.69 Å². The Balaban J connectivity index is 1.89. The van der Waals surface area contributed by atoms with Crippen molar-refractivity contribution in [3.8, 4) is 5.69 Å². The van der Waals surface area contributed by atoms with Crippen LogP contribution in [-0.4, -0.2) is 9.36 Å². The van der Waals surface area contributed by atoms with Gasteiger partial charge in [-0.2, -0.15) is 0 Å². The minimum atomic E-state index is -2.52. The van der Waals surface area contributed by atoms with Crippen molar-refractivity contribution < 1.29 is 0 Å². The molecule has 0 bridgehead atoms. The zero-order valence-corrected chi connectivity index (χ0v) is 21.8. The summed E-state index contributed by atoms with van der Waals surface area (Å²) >= 11 is 13.3. The maximum atomic E-state index is 13.5. The Morgan fingerprint density at radius 3 is 1.81 bits per heavy atom. The maximum Gasteiger partial charge on any atom is 0.295 e. The smallest absolute Gasteiger partial charge is 0.295 e. The van der Waals surface area contributed by atoms with Gasteiger partial charge in [-0.3, -0.25) is 9.48 Å². The van der Waals surface area contributed by atoms with Gasteiger partial charge in [-0.15, -0.1) is 0 Å². The lowest BCUT2D eigenvalue weighted by molar-refractivity contribution is 0.630. The van der Waals surface area contributed by atoms with Crippen molar-refractivity contribution >= 4 is 66.2 Å². The molecule has 0 saturated heterocycles. The summed E-state index contributed by atoms with van der Waals surface area (Å²) in [6.07, 6.45) is -2.52. The highest BCUT2D eigenvalue weighted by atomic mass is 79.9. The SMILES string of the molecule is Cc1c(NP(=S)(c2ccc(Br)cc2)c2ccc(Br)cc2)c(=O)n(-c2ccccc2)n1C. The fourth-order valence-corrected chi connectivity index (χ4v) is 7.23. The highest BCUT2D eigenvalue weighted by Gasteiger charge is 2.27. The fourth-order valence-electron chi connectivity index (χ4n) is 3.43. The van der Waals surface area contributed by atoms with Crippen LogP contribution in [0, 0.1) is 6.92 Å². The summed E-state index contributed by atoms with van der Waals surface area (Å²) in [5, 5.41) is 5.51. The molecule has 0 aliphatic carbocycles. The van der Waals surface area contributed by atoms with Crippen LogP contribution in [0.15, 0.2) is 92.6 Å². The molecule has 0 amide bonds. The van der Waals surface area contributed by atoms with Crippen molar-refractivity contribution in [2.24, 2.45) is 7.05 Å². The van der Waals surface area contributed by atoms with Crippen LogP contribution < -0.4 is 21.3 Å². The first-order valence-electron chi connectivity index (χ1n) is 9.56. The first kappa shape index (κ1) is 22.3. The third-order valence-corrected chi connectivity index (χ3v) is 10.4. The van der Waals surface area contributed by atoms with E-state index < -0.39 is 6.19 Å². The Hall–Kier alpha value is -1.92. The lowest BCUT2D eigenvalue weighted by atomic mass is 10.3. The molecule has 0 radical (unpaired) electrons. The number of halogens is 2. The Kier molecular flexibility index (Phi) is 6.40. The van der Waals surface area contributed by atoms with E-state index >= 15 is 0 Å². The van der Waals surface area contributed by atoms with Gasteiger partial charge in [-0.1, -0.05) is 86.1 Å². The third kappa shape index (κ3) is 4.24. The van der Waals surface area contributed by atoms with Crippen molar-refractivity contribution in [2.75, 3.05) is 5.09 Å². The molecule has 8 heteroatoms. The molecule has 31 heavy (non-hydrogen) atoms. The van der Waals surface area contributed by atoms with Gasteiger partial charge in [0, 0.05) is 26.6 Å². The third-order valence-electron chi connectivity index (χ3n) is 5.20. The minimum Gasteiger partial charge on any atom is -0.345 e. The highest BCUT2D eigenvalue weighted by Crippen LogP contribution is 2.44. The van der Waals surface area contributed by atoms with Gasteiger partial charge >= 0.3 is 0 Å². The second-order valence-corrected chi connectivity index (χ2v) is 13.1. The molecule has 1 N–H and O–H groups in total. The summed E-state index contributed by atoms with van der Waals surface area (Å²) in [6, 6.07) is 25.6. The quantitative estimate of drug-likeness (QED) is 0.320. The molecule has 0 fully saturated rings. The Morgan fingerprint density at radius 2 is 1.32 bits per heavy atom. The number of aromatic nitrogens is 2. The zero-order chi connectivity index (χ0) is 22.2. The largest absolute Gasteiger partial charge is 0.345 e. The van der Waals surface area contributed by atoms with Gasteiger partial charge in [0.15, 0.2) is 0 Å². The molecular formula is C23H20Br2N3OPS. The standard InChI is InChI=1S/C23H20Br2N3OPS/c1-16-22(23(29)28(27(16)2)19-6-4-3-5-7-19)26-30(31,20-12-8-17(24)9-13-20)21-14-10-18(25)11-15-21/h3-15H,1-2H3,(H,26,31). The molecule has 1 aromatic heterocycles. The number of hydrogen-bond acceptors (Lipinski definition) is 2. The molecule has 158 valence electrons. The predicted octanol–water partition coefficient (Wildman–Crippen LogP) is 5.47. The zero-order valence-electron chi connectivity index (χ0n) is 16.9. The molecule has 4 rings (SSSR count). The van der Waals surface area contributed by atoms with E-state index in [1.165, 1.54) is 0 Å². The molecule has 0 atom stereocenters. The topological polar surface area (TPSA) is 39.0 Å². The van der Waals surface area contributed by atoms with Crippen molar-refractivity contribution in [2.45, 2.75) is 6.92 Å². The molecular weight excluding hydrogens is 557 g/mol. The van der Waals surface area contributed by atoms with Crippen LogP contribution in [0.1, 0.15) is 5.69 Å². The number of hydrogen-bond donors (Lipinski definition) is 1. The normalized spacial score (nSPS) is 11.5. The predicted molar refractivity (Wildman–Crippen MR) is 141 cm³/mol. The van der Waals surface area contributed by atoms with E-state index in [2.05, 4.69) is 36.9 Å². The molecule has 4 nitrogen and oxygen atoms in total. The van der Waals surface area contributed by atoms with Crippen molar-refractivity contribution in [3.05, 3.63) is 104 Å². The monoisotopic (exact) mass is 575 g/mol. The van der Waals surface area contributed by atoms with Gasteiger partial charge < -0.3 is 5.09 Å². The van der Waals surface area contributed by atoms with Gasteiger partial charge in [0.2, 0.25) is 0 Å². The van der Waals surface area contributed by atoms with Crippen molar-refractivity contribution in [3.63, 3.8) is 0 Å². The summed E-state index contributed by atoms with van der Waals surface area (Å²) in [5.74, 6) is 0. The lowest BCUT2D eigenvalue weighted by Crippen LogP contribution is -2.25. The molecule has 3 aromatic carbocycles. The Labute approximate surface area is 203 Å². The van der Waals surface area contributed by atoms with E-state index in [9.17, 15) is 4.79 Å². The first-order valence-corrected chi connectivity index (χ1v) is 13.9. The molecule has 0 saturated carbocycles. The molecule has 0 spiro atoms. The number of para-hydroxylation sites is 1. The summed E-state index contributed by atoms with van der Waals surface area (Å²) in [6.45, 7) is 1.94. The Bertz CT molecular complexity index is 1280. The molecule has 4 aromatic rings. The van der Waals surface area contributed by atoms with Crippen LogP contribution in [0.3, 0.4) is 0 Å². The summed E-state index contributed by atoms with van der Waals surface area (Å²) in [4.78, 5) is 13.5. The maximum absolute atomic E-state index is 13.5. The molecule has 0 aliphatic rings. The molecule has 0 aliphatic heterocycles. The van der Waals surface area contributed by atoms with Gasteiger partial charge in [-0.25, -0.2) is 4.68 Å². The molecule has 1 heterocycles. The second kappa shape index (κ2) is 8.91.